The Kier molecular flexibility index (Phi) is 3.89. The lowest BCUT2D eigenvalue weighted by Gasteiger charge is -2.28. The SMILES string of the molecule is C[C@H](N)C(=O)N1CCC[C@@H]1CN(C)C. The molecule has 1 aliphatic rings. The summed E-state index contributed by atoms with van der Waals surface area (Å²) < 4.78 is 0. The number of nitrogens with zero attached hydrogens (tertiary/aromatic N) is 2. The number of amides is 1. The molecule has 0 aliphatic carbocycles. The van der Waals surface area contributed by atoms with E-state index in [-0.39, 0.29) is 11.9 Å². The molecule has 4 heteroatoms. The molecule has 2 N–H and O–H groups in total. The molecular weight excluding hydrogens is 178 g/mol. The van der Waals surface area contributed by atoms with E-state index >= 15 is 0 Å². The molecule has 14 heavy (non-hydrogen) atoms. The molecule has 0 aromatic heterocycles. The van der Waals surface area contributed by atoms with Crippen molar-refractivity contribution in [3.8, 4) is 0 Å². The molecule has 82 valence electrons. The van der Waals surface area contributed by atoms with Gasteiger partial charge in [0.15, 0.2) is 0 Å². The smallest absolute Gasteiger partial charge is 0.239 e. The lowest BCUT2D eigenvalue weighted by molar-refractivity contribution is -0.133. The fourth-order valence-electron chi connectivity index (χ4n) is 2.00. The van der Waals surface area contributed by atoms with Crippen LogP contribution < -0.4 is 5.73 Å². The molecule has 2 atom stereocenters. The van der Waals surface area contributed by atoms with E-state index in [0.29, 0.717) is 6.04 Å². The van der Waals surface area contributed by atoms with Crippen molar-refractivity contribution in [2.45, 2.75) is 31.8 Å². The van der Waals surface area contributed by atoms with Crippen molar-refractivity contribution in [3.05, 3.63) is 0 Å². The van der Waals surface area contributed by atoms with Crippen molar-refractivity contribution < 1.29 is 4.79 Å². The molecule has 4 nitrogen and oxygen atoms in total. The number of carbonyl (C=O) groups is 1. The molecule has 0 spiro atoms. The van der Waals surface area contributed by atoms with Gasteiger partial charge in [0, 0.05) is 19.1 Å². The van der Waals surface area contributed by atoms with Gasteiger partial charge in [-0.15, -0.1) is 0 Å². The predicted molar refractivity (Wildman–Crippen MR) is 56.9 cm³/mol. The van der Waals surface area contributed by atoms with Crippen molar-refractivity contribution in [2.24, 2.45) is 5.73 Å². The third-order valence-electron chi connectivity index (χ3n) is 2.63. The van der Waals surface area contributed by atoms with Crippen LogP contribution in [0.2, 0.25) is 0 Å². The molecule has 1 aliphatic heterocycles. The van der Waals surface area contributed by atoms with Gasteiger partial charge >= 0.3 is 0 Å². The van der Waals surface area contributed by atoms with Gasteiger partial charge in [-0.1, -0.05) is 0 Å². The first-order valence-corrected chi connectivity index (χ1v) is 5.23. The van der Waals surface area contributed by atoms with Gasteiger partial charge in [-0.2, -0.15) is 0 Å². The van der Waals surface area contributed by atoms with E-state index in [2.05, 4.69) is 4.90 Å². The molecule has 0 saturated carbocycles. The van der Waals surface area contributed by atoms with Crippen LogP contribution in [0.1, 0.15) is 19.8 Å². The molecule has 0 aromatic carbocycles. The average molecular weight is 199 g/mol. The molecule has 1 fully saturated rings. The third kappa shape index (κ3) is 2.69. The second-order valence-corrected chi connectivity index (χ2v) is 4.38. The number of rotatable bonds is 3. The van der Waals surface area contributed by atoms with Gasteiger partial charge in [0.25, 0.3) is 0 Å². The number of likely N-dealkylation sites (tertiary alicyclic amines) is 1. The normalized spacial score (nSPS) is 24.4. The monoisotopic (exact) mass is 199 g/mol. The fraction of sp³-hybridized carbons (Fsp3) is 0.900. The highest BCUT2D eigenvalue weighted by molar-refractivity contribution is 5.81. The maximum Gasteiger partial charge on any atom is 0.239 e. The fourth-order valence-corrected chi connectivity index (χ4v) is 2.00. The highest BCUT2D eigenvalue weighted by atomic mass is 16.2. The molecule has 1 saturated heterocycles. The first-order chi connectivity index (χ1) is 6.52. The summed E-state index contributed by atoms with van der Waals surface area (Å²) in [6.45, 7) is 3.57. The van der Waals surface area contributed by atoms with Gasteiger partial charge in [-0.05, 0) is 33.9 Å². The zero-order valence-electron chi connectivity index (χ0n) is 9.36. The number of hydrogen-bond donors (Lipinski definition) is 1. The third-order valence-corrected chi connectivity index (χ3v) is 2.63. The van der Waals surface area contributed by atoms with Crippen LogP contribution >= 0.6 is 0 Å². The molecule has 0 radical (unpaired) electrons. The Morgan fingerprint density at radius 2 is 2.29 bits per heavy atom. The van der Waals surface area contributed by atoms with Crippen molar-refractivity contribution in [2.75, 3.05) is 27.2 Å². The molecule has 0 aromatic rings. The van der Waals surface area contributed by atoms with Gasteiger partial charge in [-0.25, -0.2) is 0 Å². The Balaban J connectivity index is 2.55. The van der Waals surface area contributed by atoms with Crippen LogP contribution in [0.4, 0.5) is 0 Å². The van der Waals surface area contributed by atoms with E-state index in [9.17, 15) is 4.79 Å². The Morgan fingerprint density at radius 1 is 1.64 bits per heavy atom. The molecule has 0 bridgehead atoms. The molecule has 1 heterocycles. The maximum atomic E-state index is 11.7. The van der Waals surface area contributed by atoms with Crippen LogP contribution in [0.3, 0.4) is 0 Å². The van der Waals surface area contributed by atoms with Crippen LogP contribution in [-0.4, -0.2) is 55.0 Å². The van der Waals surface area contributed by atoms with Crippen molar-refractivity contribution in [1.29, 1.82) is 0 Å². The second kappa shape index (κ2) is 4.75. The van der Waals surface area contributed by atoms with Crippen molar-refractivity contribution in [1.82, 2.24) is 9.80 Å². The summed E-state index contributed by atoms with van der Waals surface area (Å²) in [6.07, 6.45) is 2.22. The number of carbonyl (C=O) groups excluding carboxylic acids is 1. The van der Waals surface area contributed by atoms with E-state index in [1.807, 2.05) is 19.0 Å². The summed E-state index contributed by atoms with van der Waals surface area (Å²) in [6, 6.07) is 0.00117. The van der Waals surface area contributed by atoms with Gasteiger partial charge in [-0.3, -0.25) is 4.79 Å². The van der Waals surface area contributed by atoms with Crippen LogP contribution in [0.15, 0.2) is 0 Å². The lowest BCUT2D eigenvalue weighted by Crippen LogP contribution is -2.47. The number of hydrogen-bond acceptors (Lipinski definition) is 3. The predicted octanol–water partition coefficient (Wildman–Crippen LogP) is -0.114. The van der Waals surface area contributed by atoms with Crippen molar-refractivity contribution >= 4 is 5.91 Å². The minimum absolute atomic E-state index is 0.0920. The van der Waals surface area contributed by atoms with Gasteiger partial charge in [0.05, 0.1) is 6.04 Å². The maximum absolute atomic E-state index is 11.7. The van der Waals surface area contributed by atoms with Crippen LogP contribution in [0.5, 0.6) is 0 Å². The minimum Gasteiger partial charge on any atom is -0.337 e. The molecule has 0 unspecified atom stereocenters. The van der Waals surface area contributed by atoms with E-state index in [1.165, 1.54) is 0 Å². The van der Waals surface area contributed by atoms with Crippen LogP contribution in [0.25, 0.3) is 0 Å². The Hall–Kier alpha value is -0.610. The highest BCUT2D eigenvalue weighted by Crippen LogP contribution is 2.18. The molecular formula is C10H21N3O. The standard InChI is InChI=1S/C10H21N3O/c1-8(11)10(14)13-6-4-5-9(13)7-12(2)3/h8-9H,4-7,11H2,1-3H3/t8-,9+/m0/s1. The van der Waals surface area contributed by atoms with E-state index in [1.54, 1.807) is 6.92 Å². The van der Waals surface area contributed by atoms with Gasteiger partial charge < -0.3 is 15.5 Å². The van der Waals surface area contributed by atoms with E-state index < -0.39 is 0 Å². The van der Waals surface area contributed by atoms with Crippen LogP contribution in [-0.2, 0) is 4.79 Å². The summed E-state index contributed by atoms with van der Waals surface area (Å²) in [4.78, 5) is 15.8. The van der Waals surface area contributed by atoms with Gasteiger partial charge in [0.1, 0.15) is 0 Å². The zero-order chi connectivity index (χ0) is 10.7. The minimum atomic E-state index is -0.363. The number of nitrogens with two attached hydrogens (primary N) is 1. The number of likely N-dealkylation sites (N-methyl/N-ethyl adjacent to an activating group) is 1. The van der Waals surface area contributed by atoms with Crippen molar-refractivity contribution in [3.63, 3.8) is 0 Å². The lowest BCUT2D eigenvalue weighted by atomic mass is 10.2. The summed E-state index contributed by atoms with van der Waals surface area (Å²) >= 11 is 0. The highest BCUT2D eigenvalue weighted by Gasteiger charge is 2.30. The van der Waals surface area contributed by atoms with E-state index in [4.69, 9.17) is 5.73 Å². The topological polar surface area (TPSA) is 49.6 Å². The Morgan fingerprint density at radius 3 is 2.79 bits per heavy atom. The largest absolute Gasteiger partial charge is 0.337 e. The van der Waals surface area contributed by atoms with Gasteiger partial charge in [0.2, 0.25) is 5.91 Å². The summed E-state index contributed by atoms with van der Waals surface area (Å²) in [5.74, 6) is 0.0920. The quantitative estimate of drug-likeness (QED) is 0.690. The van der Waals surface area contributed by atoms with Crippen LogP contribution in [0, 0.1) is 0 Å². The average Bonchev–Trinajstić information content (AvgIpc) is 2.49. The first kappa shape index (κ1) is 11.5. The Bertz CT molecular complexity index is 204. The van der Waals surface area contributed by atoms with E-state index in [0.717, 1.165) is 25.9 Å². The summed E-state index contributed by atoms with van der Waals surface area (Å²) in [5.41, 5.74) is 5.60. The summed E-state index contributed by atoms with van der Waals surface area (Å²) in [7, 11) is 4.07. The molecule has 1 amide bonds. The second-order valence-electron chi connectivity index (χ2n) is 4.38. The summed E-state index contributed by atoms with van der Waals surface area (Å²) in [5, 5.41) is 0. The Labute approximate surface area is 86.0 Å². The molecule has 1 rings (SSSR count). The first-order valence-electron chi connectivity index (χ1n) is 5.23. The zero-order valence-corrected chi connectivity index (χ0v) is 9.36.